The molecule has 0 heterocycles. The summed E-state index contributed by atoms with van der Waals surface area (Å²) in [5.74, 6) is 0.460. The van der Waals surface area contributed by atoms with Gasteiger partial charge in [-0.25, -0.2) is 0 Å². The predicted molar refractivity (Wildman–Crippen MR) is 83.9 cm³/mol. The van der Waals surface area contributed by atoms with Crippen LogP contribution in [0.2, 0.25) is 18.1 Å². The maximum absolute atomic E-state index is 11.2. The van der Waals surface area contributed by atoms with Gasteiger partial charge in [-0.05, 0) is 42.3 Å². The third-order valence-electron chi connectivity index (χ3n) is 5.23. The minimum Gasteiger partial charge on any atom is -0.411 e. The second kappa shape index (κ2) is 4.99. The third-order valence-corrected chi connectivity index (χ3v) is 9.76. The van der Waals surface area contributed by atoms with Gasteiger partial charge in [-0.2, -0.15) is 0 Å². The van der Waals surface area contributed by atoms with Crippen molar-refractivity contribution in [3.8, 4) is 0 Å². The van der Waals surface area contributed by atoms with E-state index in [4.69, 9.17) is 4.43 Å². The van der Waals surface area contributed by atoms with Gasteiger partial charge < -0.3 is 9.22 Å². The Bertz CT molecular complexity index is 341. The molecule has 0 spiro atoms. The molecule has 0 aromatic carbocycles. The zero-order valence-corrected chi connectivity index (χ0v) is 15.1. The predicted octanol–water partition coefficient (Wildman–Crippen LogP) is 4.79. The van der Waals surface area contributed by atoms with Crippen LogP contribution in [-0.4, -0.2) is 20.2 Å². The molecule has 112 valence electrons. The smallest absolute Gasteiger partial charge is 0.192 e. The van der Waals surface area contributed by atoms with Crippen molar-refractivity contribution < 1.29 is 9.22 Å². The van der Waals surface area contributed by atoms with Crippen LogP contribution in [0.1, 0.15) is 60.8 Å². The lowest BCUT2D eigenvalue weighted by Crippen LogP contribution is -2.51. The quantitative estimate of drug-likeness (QED) is 0.548. The fraction of sp³-hybridized carbons (Fsp3) is 0.938. The van der Waals surface area contributed by atoms with Crippen LogP contribution in [0, 0.1) is 11.3 Å². The molecule has 19 heavy (non-hydrogen) atoms. The van der Waals surface area contributed by atoms with Crippen molar-refractivity contribution in [2.45, 2.75) is 84.5 Å². The Kier molecular flexibility index (Phi) is 4.44. The van der Waals surface area contributed by atoms with E-state index in [2.05, 4.69) is 54.6 Å². The van der Waals surface area contributed by atoms with Gasteiger partial charge in [-0.15, -0.1) is 0 Å². The molecule has 1 saturated carbocycles. The van der Waals surface area contributed by atoms with Crippen molar-refractivity contribution >= 4 is 14.6 Å². The molecule has 0 aliphatic heterocycles. The molecule has 3 heteroatoms. The number of aldehydes is 1. The first-order valence-electron chi connectivity index (χ1n) is 7.49. The minimum absolute atomic E-state index is 0.190. The Balaban J connectivity index is 3.06. The summed E-state index contributed by atoms with van der Waals surface area (Å²) in [6.07, 6.45) is 3.76. The van der Waals surface area contributed by atoms with Gasteiger partial charge in [0.15, 0.2) is 8.32 Å². The highest BCUT2D eigenvalue weighted by Crippen LogP contribution is 2.53. The zero-order valence-electron chi connectivity index (χ0n) is 14.1. The molecular formula is C16H32O2Si. The molecule has 1 aliphatic rings. The van der Waals surface area contributed by atoms with Crippen molar-refractivity contribution in [3.63, 3.8) is 0 Å². The summed E-state index contributed by atoms with van der Waals surface area (Å²) in [4.78, 5) is 11.2. The van der Waals surface area contributed by atoms with E-state index in [0.717, 1.165) is 19.1 Å². The first kappa shape index (κ1) is 16.9. The van der Waals surface area contributed by atoms with Crippen LogP contribution >= 0.6 is 0 Å². The maximum atomic E-state index is 11.2. The van der Waals surface area contributed by atoms with E-state index in [9.17, 15) is 4.79 Å². The molecule has 1 aliphatic carbocycles. The van der Waals surface area contributed by atoms with Crippen LogP contribution in [-0.2, 0) is 9.22 Å². The number of carbonyl (C=O) groups is 1. The molecular weight excluding hydrogens is 252 g/mol. The van der Waals surface area contributed by atoms with Crippen LogP contribution in [0.3, 0.4) is 0 Å². The first-order chi connectivity index (χ1) is 8.35. The highest BCUT2D eigenvalue weighted by Gasteiger charge is 2.53. The summed E-state index contributed by atoms with van der Waals surface area (Å²) in [6.45, 7) is 18.2. The van der Waals surface area contributed by atoms with Crippen LogP contribution in [0.15, 0.2) is 0 Å². The summed E-state index contributed by atoms with van der Waals surface area (Å²) in [5, 5.41) is 0.190. The molecule has 0 bridgehead atoms. The van der Waals surface area contributed by atoms with E-state index in [0.29, 0.717) is 12.3 Å². The van der Waals surface area contributed by atoms with Crippen LogP contribution < -0.4 is 0 Å². The van der Waals surface area contributed by atoms with E-state index >= 15 is 0 Å². The molecule has 0 amide bonds. The lowest BCUT2D eigenvalue weighted by molar-refractivity contribution is -0.113. The zero-order chi connectivity index (χ0) is 15.1. The van der Waals surface area contributed by atoms with Gasteiger partial charge in [0.2, 0.25) is 0 Å². The minimum atomic E-state index is -1.84. The van der Waals surface area contributed by atoms with E-state index in [-0.39, 0.29) is 16.1 Å². The van der Waals surface area contributed by atoms with Gasteiger partial charge >= 0.3 is 0 Å². The van der Waals surface area contributed by atoms with E-state index < -0.39 is 8.32 Å². The molecule has 0 aromatic rings. The number of rotatable bonds is 4. The molecule has 2 atom stereocenters. The summed E-state index contributed by atoms with van der Waals surface area (Å²) in [7, 11) is -1.84. The SMILES string of the molecule is C[C@@H]1CC(C)(C)C[C@]1(CC=O)O[Si](C)(C)C(C)(C)C. The number of hydrogen-bond acceptors (Lipinski definition) is 2. The van der Waals surface area contributed by atoms with Crippen molar-refractivity contribution in [2.24, 2.45) is 11.3 Å². The Hall–Kier alpha value is -0.153. The number of hydrogen-bond donors (Lipinski definition) is 0. The average Bonchev–Trinajstić information content (AvgIpc) is 2.33. The van der Waals surface area contributed by atoms with Crippen LogP contribution in [0.5, 0.6) is 0 Å². The van der Waals surface area contributed by atoms with Gasteiger partial charge in [-0.1, -0.05) is 41.5 Å². The molecule has 0 N–H and O–H groups in total. The fourth-order valence-electron chi connectivity index (χ4n) is 3.33. The molecule has 0 unspecified atom stereocenters. The molecule has 1 rings (SSSR count). The lowest BCUT2D eigenvalue weighted by Gasteiger charge is -2.46. The number of carbonyl (C=O) groups excluding carboxylic acids is 1. The molecule has 0 saturated heterocycles. The normalized spacial score (nSPS) is 31.5. The van der Waals surface area contributed by atoms with E-state index in [1.807, 2.05) is 0 Å². The molecule has 0 radical (unpaired) electrons. The second-order valence-corrected chi connectivity index (χ2v) is 13.5. The van der Waals surface area contributed by atoms with E-state index in [1.54, 1.807) is 0 Å². The van der Waals surface area contributed by atoms with Gasteiger partial charge in [0, 0.05) is 6.42 Å². The largest absolute Gasteiger partial charge is 0.411 e. The van der Waals surface area contributed by atoms with Gasteiger partial charge in [0.25, 0.3) is 0 Å². The highest BCUT2D eigenvalue weighted by molar-refractivity contribution is 6.74. The molecule has 2 nitrogen and oxygen atoms in total. The topological polar surface area (TPSA) is 26.3 Å². The molecule has 1 fully saturated rings. The third kappa shape index (κ3) is 3.49. The van der Waals surface area contributed by atoms with Crippen molar-refractivity contribution in [3.05, 3.63) is 0 Å². The average molecular weight is 285 g/mol. The summed E-state index contributed by atoms with van der Waals surface area (Å²) in [5.41, 5.74) is 0.0546. The Morgan fingerprint density at radius 1 is 1.32 bits per heavy atom. The standard InChI is InChI=1S/C16H32O2Si/c1-13-11-15(5,6)12-16(13,9-10-17)18-19(7,8)14(2,3)4/h10,13H,9,11-12H2,1-8H3/t13-,16+/m1/s1. The summed E-state index contributed by atoms with van der Waals surface area (Å²) in [6, 6.07) is 0. The highest BCUT2D eigenvalue weighted by atomic mass is 28.4. The van der Waals surface area contributed by atoms with Gasteiger partial charge in [-0.3, -0.25) is 0 Å². The Labute approximate surface area is 120 Å². The maximum Gasteiger partial charge on any atom is 0.192 e. The van der Waals surface area contributed by atoms with Gasteiger partial charge in [0.05, 0.1) is 5.60 Å². The fourth-order valence-corrected chi connectivity index (χ4v) is 5.00. The van der Waals surface area contributed by atoms with Crippen LogP contribution in [0.4, 0.5) is 0 Å². The summed E-state index contributed by atoms with van der Waals surface area (Å²) < 4.78 is 6.75. The van der Waals surface area contributed by atoms with Crippen molar-refractivity contribution in [1.29, 1.82) is 0 Å². The van der Waals surface area contributed by atoms with Crippen molar-refractivity contribution in [1.82, 2.24) is 0 Å². The molecule has 0 aromatic heterocycles. The Morgan fingerprint density at radius 3 is 2.16 bits per heavy atom. The second-order valence-electron chi connectivity index (χ2n) is 8.74. The van der Waals surface area contributed by atoms with Gasteiger partial charge in [0.1, 0.15) is 6.29 Å². The van der Waals surface area contributed by atoms with Crippen LogP contribution in [0.25, 0.3) is 0 Å². The van der Waals surface area contributed by atoms with E-state index in [1.165, 1.54) is 0 Å². The first-order valence-corrected chi connectivity index (χ1v) is 10.4. The Morgan fingerprint density at radius 2 is 1.84 bits per heavy atom. The lowest BCUT2D eigenvalue weighted by atomic mass is 9.87. The summed E-state index contributed by atoms with van der Waals surface area (Å²) >= 11 is 0. The monoisotopic (exact) mass is 284 g/mol. The van der Waals surface area contributed by atoms with Crippen molar-refractivity contribution in [2.75, 3.05) is 0 Å².